The quantitative estimate of drug-likeness (QED) is 0.695. The van der Waals surface area contributed by atoms with Crippen molar-refractivity contribution in [2.24, 2.45) is 5.92 Å². The summed E-state index contributed by atoms with van der Waals surface area (Å²) >= 11 is 0. The number of aromatic nitrogens is 2. The zero-order valence-electron chi connectivity index (χ0n) is 6.70. The number of nitrogens with zero attached hydrogens (tertiary/aromatic N) is 2. The van der Waals surface area contributed by atoms with E-state index in [1.807, 2.05) is 10.9 Å². The molecule has 0 spiro atoms. The average molecular weight is 151 g/mol. The molecule has 0 saturated heterocycles. The predicted octanol–water partition coefficient (Wildman–Crippen LogP) is 1.44. The van der Waals surface area contributed by atoms with Gasteiger partial charge in [-0.2, -0.15) is 5.10 Å². The van der Waals surface area contributed by atoms with Crippen LogP contribution in [-0.2, 0) is 0 Å². The molecule has 11 heavy (non-hydrogen) atoms. The molecule has 2 rings (SSSR count). The molecule has 1 aromatic rings. The highest BCUT2D eigenvalue weighted by molar-refractivity contribution is 5.30. The van der Waals surface area contributed by atoms with Crippen molar-refractivity contribution in [3.05, 3.63) is 12.4 Å². The van der Waals surface area contributed by atoms with Crippen LogP contribution in [0.5, 0.6) is 0 Å². The van der Waals surface area contributed by atoms with Crippen LogP contribution in [-0.4, -0.2) is 9.78 Å². The van der Waals surface area contributed by atoms with Crippen LogP contribution in [0.2, 0.25) is 0 Å². The third kappa shape index (κ3) is 1.23. The number of anilines is 1. The van der Waals surface area contributed by atoms with Crippen molar-refractivity contribution in [3.8, 4) is 0 Å². The third-order valence-corrected chi connectivity index (χ3v) is 2.34. The molecule has 0 unspecified atom stereocenters. The van der Waals surface area contributed by atoms with E-state index in [1.54, 1.807) is 6.20 Å². The zero-order chi connectivity index (χ0) is 7.84. The third-order valence-electron chi connectivity index (χ3n) is 2.34. The van der Waals surface area contributed by atoms with Gasteiger partial charge in [0.1, 0.15) is 0 Å². The first-order valence-corrected chi connectivity index (χ1v) is 4.07. The highest BCUT2D eigenvalue weighted by Gasteiger charge is 2.29. The molecule has 1 atom stereocenters. The van der Waals surface area contributed by atoms with Crippen LogP contribution >= 0.6 is 0 Å². The molecule has 1 fully saturated rings. The van der Waals surface area contributed by atoms with Crippen molar-refractivity contribution in [1.82, 2.24) is 9.78 Å². The Kier molecular flexibility index (Phi) is 1.37. The van der Waals surface area contributed by atoms with Gasteiger partial charge >= 0.3 is 0 Å². The molecule has 0 radical (unpaired) electrons. The summed E-state index contributed by atoms with van der Waals surface area (Å²) in [5.41, 5.74) is 6.32. The Morgan fingerprint density at radius 1 is 1.73 bits per heavy atom. The van der Waals surface area contributed by atoms with Crippen LogP contribution in [0, 0.1) is 5.92 Å². The van der Waals surface area contributed by atoms with Crippen molar-refractivity contribution < 1.29 is 0 Å². The minimum Gasteiger partial charge on any atom is -0.396 e. The van der Waals surface area contributed by atoms with Gasteiger partial charge in [-0.05, 0) is 25.7 Å². The molecule has 1 saturated carbocycles. The van der Waals surface area contributed by atoms with E-state index in [9.17, 15) is 0 Å². The maximum absolute atomic E-state index is 5.55. The van der Waals surface area contributed by atoms with Crippen molar-refractivity contribution in [3.63, 3.8) is 0 Å². The molecule has 0 aromatic carbocycles. The fraction of sp³-hybridized carbons (Fsp3) is 0.625. The van der Waals surface area contributed by atoms with Gasteiger partial charge in [0.25, 0.3) is 0 Å². The highest BCUT2D eigenvalue weighted by Crippen LogP contribution is 2.39. The molecule has 0 bridgehead atoms. The molecule has 3 nitrogen and oxygen atoms in total. The van der Waals surface area contributed by atoms with Crippen molar-refractivity contribution >= 4 is 5.69 Å². The fourth-order valence-corrected chi connectivity index (χ4v) is 1.37. The van der Waals surface area contributed by atoms with E-state index in [-0.39, 0.29) is 0 Å². The molecule has 60 valence electrons. The second kappa shape index (κ2) is 2.26. The highest BCUT2D eigenvalue weighted by atomic mass is 15.3. The van der Waals surface area contributed by atoms with E-state index >= 15 is 0 Å². The first-order chi connectivity index (χ1) is 5.27. The van der Waals surface area contributed by atoms with Gasteiger partial charge in [0.2, 0.25) is 0 Å². The summed E-state index contributed by atoms with van der Waals surface area (Å²) in [6, 6.07) is 0.535. The summed E-state index contributed by atoms with van der Waals surface area (Å²) in [4.78, 5) is 0. The maximum atomic E-state index is 5.55. The lowest BCUT2D eigenvalue weighted by Gasteiger charge is -2.09. The minimum atomic E-state index is 0.535. The van der Waals surface area contributed by atoms with Crippen LogP contribution in [0.25, 0.3) is 0 Å². The predicted molar refractivity (Wildman–Crippen MR) is 44.1 cm³/mol. The second-order valence-corrected chi connectivity index (χ2v) is 3.33. The molecule has 0 amide bonds. The van der Waals surface area contributed by atoms with Crippen LogP contribution in [0.4, 0.5) is 5.69 Å². The van der Waals surface area contributed by atoms with Gasteiger partial charge in [-0.15, -0.1) is 0 Å². The van der Waals surface area contributed by atoms with Gasteiger partial charge in [-0.1, -0.05) is 0 Å². The first kappa shape index (κ1) is 6.70. The summed E-state index contributed by atoms with van der Waals surface area (Å²) in [5, 5.41) is 4.17. The summed E-state index contributed by atoms with van der Waals surface area (Å²) in [6.07, 6.45) is 6.31. The molecule has 1 aliphatic rings. The molecule has 1 aromatic heterocycles. The number of hydrogen-bond acceptors (Lipinski definition) is 2. The van der Waals surface area contributed by atoms with E-state index in [1.165, 1.54) is 12.8 Å². The standard InChI is InChI=1S/C8H13N3/c1-6(7-2-3-7)11-5-8(9)4-10-11/h4-7H,2-3,9H2,1H3/t6-/m0/s1. The Balaban J connectivity index is 2.14. The van der Waals surface area contributed by atoms with Crippen LogP contribution in [0.3, 0.4) is 0 Å². The Morgan fingerprint density at radius 2 is 2.45 bits per heavy atom. The van der Waals surface area contributed by atoms with Gasteiger partial charge in [0.15, 0.2) is 0 Å². The SMILES string of the molecule is C[C@@H](C1CC1)n1cc(N)cn1. The van der Waals surface area contributed by atoms with Gasteiger partial charge in [0, 0.05) is 6.20 Å². The van der Waals surface area contributed by atoms with E-state index in [4.69, 9.17) is 5.73 Å². The number of rotatable bonds is 2. The number of nitrogens with two attached hydrogens (primary N) is 1. The summed E-state index contributed by atoms with van der Waals surface area (Å²) in [7, 11) is 0. The molecule has 1 heterocycles. The van der Waals surface area contributed by atoms with Crippen molar-refractivity contribution in [2.45, 2.75) is 25.8 Å². The van der Waals surface area contributed by atoms with E-state index in [0.29, 0.717) is 6.04 Å². The zero-order valence-corrected chi connectivity index (χ0v) is 6.70. The molecular formula is C8H13N3. The monoisotopic (exact) mass is 151 g/mol. The molecular weight excluding hydrogens is 138 g/mol. The average Bonchev–Trinajstić information content (AvgIpc) is 2.74. The largest absolute Gasteiger partial charge is 0.396 e. The van der Waals surface area contributed by atoms with Gasteiger partial charge < -0.3 is 5.73 Å². The van der Waals surface area contributed by atoms with Crippen LogP contribution in [0.1, 0.15) is 25.8 Å². The van der Waals surface area contributed by atoms with Crippen LogP contribution in [0.15, 0.2) is 12.4 Å². The fourth-order valence-electron chi connectivity index (χ4n) is 1.37. The van der Waals surface area contributed by atoms with Crippen molar-refractivity contribution in [2.75, 3.05) is 5.73 Å². The summed E-state index contributed by atoms with van der Waals surface area (Å²) in [6.45, 7) is 2.20. The Morgan fingerprint density at radius 3 is 2.91 bits per heavy atom. The molecule has 1 aliphatic carbocycles. The maximum Gasteiger partial charge on any atom is 0.0719 e. The Labute approximate surface area is 66.2 Å². The number of hydrogen-bond donors (Lipinski definition) is 1. The molecule has 0 aliphatic heterocycles. The second-order valence-electron chi connectivity index (χ2n) is 3.33. The topological polar surface area (TPSA) is 43.8 Å². The van der Waals surface area contributed by atoms with E-state index < -0.39 is 0 Å². The summed E-state index contributed by atoms with van der Waals surface area (Å²) < 4.78 is 1.97. The van der Waals surface area contributed by atoms with E-state index in [0.717, 1.165) is 11.6 Å². The molecule has 3 heteroatoms. The minimum absolute atomic E-state index is 0.535. The van der Waals surface area contributed by atoms with E-state index in [2.05, 4.69) is 12.0 Å². The Bertz CT molecular complexity index is 250. The Hall–Kier alpha value is -0.990. The first-order valence-electron chi connectivity index (χ1n) is 4.07. The van der Waals surface area contributed by atoms with Crippen LogP contribution < -0.4 is 5.73 Å². The van der Waals surface area contributed by atoms with Gasteiger partial charge in [-0.3, -0.25) is 4.68 Å². The summed E-state index contributed by atoms with van der Waals surface area (Å²) in [5.74, 6) is 0.842. The number of nitrogen functional groups attached to an aromatic ring is 1. The normalized spacial score (nSPS) is 20.1. The lowest BCUT2D eigenvalue weighted by Crippen LogP contribution is -2.06. The van der Waals surface area contributed by atoms with Crippen molar-refractivity contribution in [1.29, 1.82) is 0 Å². The lowest BCUT2D eigenvalue weighted by molar-refractivity contribution is 0.440. The molecule has 2 N–H and O–H groups in total. The van der Waals surface area contributed by atoms with Gasteiger partial charge in [-0.25, -0.2) is 0 Å². The lowest BCUT2D eigenvalue weighted by atomic mass is 10.2. The smallest absolute Gasteiger partial charge is 0.0719 e. The van der Waals surface area contributed by atoms with Gasteiger partial charge in [0.05, 0.1) is 17.9 Å².